The molecule has 0 unspecified atom stereocenters. The number of carbonyl (C=O) groups is 3. The van der Waals surface area contributed by atoms with Crippen molar-refractivity contribution in [2.24, 2.45) is 11.3 Å². The Morgan fingerprint density at radius 2 is 1.63 bits per heavy atom. The summed E-state index contributed by atoms with van der Waals surface area (Å²) < 4.78 is 48.5. The van der Waals surface area contributed by atoms with Crippen molar-refractivity contribution >= 4 is 35.0 Å². The van der Waals surface area contributed by atoms with Gasteiger partial charge in [0.1, 0.15) is 22.8 Å². The van der Waals surface area contributed by atoms with E-state index in [4.69, 9.17) is 4.74 Å². The Hall–Kier alpha value is -4.65. The molecule has 6 rings (SSSR count). The molecule has 4 amide bonds. The molecule has 3 aromatic rings. The van der Waals surface area contributed by atoms with Gasteiger partial charge in [0.05, 0.1) is 5.69 Å². The molecule has 13 heteroatoms. The van der Waals surface area contributed by atoms with Crippen LogP contribution >= 0.6 is 0 Å². The lowest BCUT2D eigenvalue weighted by Gasteiger charge is -2.43. The van der Waals surface area contributed by atoms with E-state index in [0.717, 1.165) is 43.9 Å². The van der Waals surface area contributed by atoms with Crippen LogP contribution in [0.4, 0.5) is 35.2 Å². The number of urea groups is 1. The molecule has 2 aliphatic heterocycles. The Balaban J connectivity index is 1.05. The maximum absolute atomic E-state index is 14.9. The van der Waals surface area contributed by atoms with Crippen molar-refractivity contribution in [3.05, 3.63) is 72.2 Å². The van der Waals surface area contributed by atoms with Gasteiger partial charge in [-0.3, -0.25) is 14.9 Å². The largest absolute Gasteiger partial charge is 0.454 e. The zero-order valence-corrected chi connectivity index (χ0v) is 23.0. The maximum atomic E-state index is 14.9. The number of ether oxygens (including phenoxy) is 1. The third kappa shape index (κ3) is 6.26. The number of pyridine rings is 1. The molecule has 0 atom stereocenters. The molecular weight excluding hydrogens is 565 g/mol. The lowest BCUT2D eigenvalue weighted by Crippen LogP contribution is -2.56. The molecule has 224 valence electrons. The minimum absolute atomic E-state index is 0.106. The molecule has 3 aliphatic rings. The van der Waals surface area contributed by atoms with E-state index in [2.05, 4.69) is 25.8 Å². The Kier molecular flexibility index (Phi) is 7.65. The fourth-order valence-electron chi connectivity index (χ4n) is 5.05. The van der Waals surface area contributed by atoms with E-state index in [9.17, 15) is 27.6 Å². The second-order valence-electron chi connectivity index (χ2n) is 11.1. The molecule has 3 fully saturated rings. The van der Waals surface area contributed by atoms with Crippen LogP contribution in [0.1, 0.15) is 19.3 Å². The maximum Gasteiger partial charge on any atom is 0.323 e. The summed E-state index contributed by atoms with van der Waals surface area (Å²) in [6.45, 7) is 4.53. The smallest absolute Gasteiger partial charge is 0.323 e. The summed E-state index contributed by atoms with van der Waals surface area (Å²) >= 11 is 0. The highest BCUT2D eigenvalue weighted by molar-refractivity contribution is 6.17. The second kappa shape index (κ2) is 11.6. The van der Waals surface area contributed by atoms with Crippen molar-refractivity contribution in [1.29, 1.82) is 0 Å². The fraction of sp³-hybridized carbons (Fsp3) is 0.333. The average Bonchev–Trinajstić information content (AvgIpc) is 3.74. The molecule has 2 aromatic carbocycles. The van der Waals surface area contributed by atoms with E-state index in [1.165, 1.54) is 36.9 Å². The van der Waals surface area contributed by atoms with Crippen LogP contribution in [0.15, 0.2) is 54.7 Å². The van der Waals surface area contributed by atoms with Crippen LogP contribution in [-0.2, 0) is 9.59 Å². The SMILES string of the molecule is O=C(Nc1cc(Oc2cc(F)c(NC(=O)C3(C(=O)Nc4ccc(F)cc4)CC3)cc2F)ccn1)N1CC(CN2CCC2)C1. The van der Waals surface area contributed by atoms with Gasteiger partial charge in [0.2, 0.25) is 11.8 Å². The topological polar surface area (TPSA) is 116 Å². The van der Waals surface area contributed by atoms with Crippen LogP contribution in [0.5, 0.6) is 11.5 Å². The highest BCUT2D eigenvalue weighted by Crippen LogP contribution is 2.48. The summed E-state index contributed by atoms with van der Waals surface area (Å²) in [5.74, 6) is -3.55. The molecule has 3 heterocycles. The first-order valence-corrected chi connectivity index (χ1v) is 14.0. The van der Waals surface area contributed by atoms with Crippen LogP contribution in [-0.4, -0.2) is 65.4 Å². The number of anilines is 3. The number of nitrogens with one attached hydrogen (secondary N) is 3. The van der Waals surface area contributed by atoms with E-state index in [0.29, 0.717) is 24.7 Å². The van der Waals surface area contributed by atoms with Crippen LogP contribution in [0.2, 0.25) is 0 Å². The Morgan fingerprint density at radius 1 is 0.907 bits per heavy atom. The highest BCUT2D eigenvalue weighted by Gasteiger charge is 2.56. The van der Waals surface area contributed by atoms with Crippen LogP contribution in [0.3, 0.4) is 0 Å². The predicted molar refractivity (Wildman–Crippen MR) is 151 cm³/mol. The molecule has 43 heavy (non-hydrogen) atoms. The minimum Gasteiger partial charge on any atom is -0.454 e. The first-order valence-electron chi connectivity index (χ1n) is 14.0. The van der Waals surface area contributed by atoms with Crippen molar-refractivity contribution in [2.45, 2.75) is 19.3 Å². The van der Waals surface area contributed by atoms with Gasteiger partial charge in [-0.15, -0.1) is 0 Å². The van der Waals surface area contributed by atoms with Gasteiger partial charge in [-0.05, 0) is 62.7 Å². The predicted octanol–water partition coefficient (Wildman–Crippen LogP) is 4.82. The van der Waals surface area contributed by atoms with Crippen LogP contribution < -0.4 is 20.7 Å². The van der Waals surface area contributed by atoms with E-state index in [-0.39, 0.29) is 30.4 Å². The number of likely N-dealkylation sites (tertiary alicyclic amines) is 2. The third-order valence-electron chi connectivity index (χ3n) is 7.89. The summed E-state index contributed by atoms with van der Waals surface area (Å²) in [7, 11) is 0. The number of rotatable bonds is 9. The standard InChI is InChI=1S/C30H29F3N6O4/c31-19-2-4-20(5-3-19)35-27(40)30(7-8-30)28(41)36-24-13-23(33)25(14-22(24)32)43-21-6-9-34-26(12-21)37-29(42)39-16-18(17-39)15-38-10-1-11-38/h2-6,9,12-14,18H,1,7-8,10-11,15-17H2,(H,35,40)(H,36,41)(H,34,37,42). The quantitative estimate of drug-likeness (QED) is 0.306. The van der Waals surface area contributed by atoms with Gasteiger partial charge in [-0.1, -0.05) is 0 Å². The summed E-state index contributed by atoms with van der Waals surface area (Å²) in [4.78, 5) is 46.4. The highest BCUT2D eigenvalue weighted by atomic mass is 19.1. The van der Waals surface area contributed by atoms with Crippen LogP contribution in [0.25, 0.3) is 0 Å². The molecule has 2 saturated heterocycles. The number of hydrogen-bond acceptors (Lipinski definition) is 6. The molecule has 1 aromatic heterocycles. The summed E-state index contributed by atoms with van der Waals surface area (Å²) in [5.41, 5.74) is -1.61. The molecule has 1 aliphatic carbocycles. The number of nitrogens with zero attached hydrogens (tertiary/aromatic N) is 3. The van der Waals surface area contributed by atoms with Gasteiger partial charge in [0.25, 0.3) is 0 Å². The molecular formula is C30H29F3N6O4. The average molecular weight is 595 g/mol. The summed E-state index contributed by atoms with van der Waals surface area (Å²) in [5, 5.41) is 7.54. The van der Waals surface area contributed by atoms with Crippen molar-refractivity contribution in [2.75, 3.05) is 48.7 Å². The van der Waals surface area contributed by atoms with Gasteiger partial charge in [-0.2, -0.15) is 0 Å². The van der Waals surface area contributed by atoms with E-state index < -0.39 is 46.1 Å². The number of amides is 4. The van der Waals surface area contributed by atoms with Gasteiger partial charge in [0, 0.05) is 55.6 Å². The Bertz CT molecular complexity index is 1560. The normalized spacial score (nSPS) is 17.3. The number of halogens is 3. The van der Waals surface area contributed by atoms with Crippen molar-refractivity contribution in [3.8, 4) is 11.5 Å². The van der Waals surface area contributed by atoms with E-state index in [1.54, 1.807) is 4.90 Å². The van der Waals surface area contributed by atoms with Gasteiger partial charge in [0.15, 0.2) is 17.4 Å². The molecule has 0 radical (unpaired) electrons. The van der Waals surface area contributed by atoms with Gasteiger partial charge < -0.3 is 25.2 Å². The van der Waals surface area contributed by atoms with E-state index >= 15 is 0 Å². The zero-order valence-electron chi connectivity index (χ0n) is 23.0. The van der Waals surface area contributed by atoms with Crippen LogP contribution in [0, 0.1) is 28.8 Å². The van der Waals surface area contributed by atoms with Crippen molar-refractivity contribution < 1.29 is 32.3 Å². The molecule has 0 spiro atoms. The first kappa shape index (κ1) is 28.5. The minimum atomic E-state index is -1.45. The first-order chi connectivity index (χ1) is 20.7. The van der Waals surface area contributed by atoms with Crippen molar-refractivity contribution in [3.63, 3.8) is 0 Å². The molecule has 1 saturated carbocycles. The number of benzene rings is 2. The zero-order chi connectivity index (χ0) is 30.1. The summed E-state index contributed by atoms with van der Waals surface area (Å²) in [6, 6.07) is 9.08. The molecule has 0 bridgehead atoms. The lowest BCUT2D eigenvalue weighted by molar-refractivity contribution is -0.131. The monoisotopic (exact) mass is 594 g/mol. The fourth-order valence-corrected chi connectivity index (χ4v) is 5.05. The van der Waals surface area contributed by atoms with Gasteiger partial charge in [-0.25, -0.2) is 22.9 Å². The number of hydrogen-bond donors (Lipinski definition) is 3. The number of aromatic nitrogens is 1. The molecule has 3 N–H and O–H groups in total. The Morgan fingerprint density at radius 3 is 2.30 bits per heavy atom. The van der Waals surface area contributed by atoms with Gasteiger partial charge >= 0.3 is 6.03 Å². The van der Waals surface area contributed by atoms with Crippen molar-refractivity contribution in [1.82, 2.24) is 14.8 Å². The third-order valence-corrected chi connectivity index (χ3v) is 7.89. The number of carbonyl (C=O) groups excluding carboxylic acids is 3. The van der Waals surface area contributed by atoms with E-state index in [1.807, 2.05) is 0 Å². The summed E-state index contributed by atoms with van der Waals surface area (Å²) in [6.07, 6.45) is 3.02. The second-order valence-corrected chi connectivity index (χ2v) is 11.1. The molecule has 10 nitrogen and oxygen atoms in total. The lowest BCUT2D eigenvalue weighted by atomic mass is 9.98. The Labute approximate surface area is 245 Å².